The lowest BCUT2D eigenvalue weighted by atomic mass is 10.1. The van der Waals surface area contributed by atoms with Gasteiger partial charge in [-0.3, -0.25) is 9.69 Å². The third kappa shape index (κ3) is 3.46. The summed E-state index contributed by atoms with van der Waals surface area (Å²) in [5.41, 5.74) is 3.15. The van der Waals surface area contributed by atoms with Crippen molar-refractivity contribution in [2.75, 3.05) is 25.5 Å². The van der Waals surface area contributed by atoms with E-state index < -0.39 is 0 Å². The minimum atomic E-state index is -0.0155. The van der Waals surface area contributed by atoms with Crippen molar-refractivity contribution in [2.45, 2.75) is 32.2 Å². The highest BCUT2D eigenvalue weighted by atomic mass is 16.2. The second-order valence-electron chi connectivity index (χ2n) is 6.42. The number of aryl methyl sites for hydroxylation is 1. The van der Waals surface area contributed by atoms with Crippen molar-refractivity contribution >= 4 is 11.6 Å². The molecular formula is C19H24N4O. The number of aromatic nitrogens is 2. The van der Waals surface area contributed by atoms with Crippen LogP contribution in [0, 0.1) is 0 Å². The smallest absolute Gasteiger partial charge is 0.244 e. The van der Waals surface area contributed by atoms with Crippen molar-refractivity contribution in [3.63, 3.8) is 0 Å². The standard InChI is InChI=1S/C19H24N4O/c1-4-15-8-10-20-18(21-15)13-14-6-5-7-16(12-14)23-11-9-17(19(23)24)22(2)3/h5-8,10,12,17H,4,9,11,13H2,1-3H3. The number of carbonyl (C=O) groups excluding carboxylic acids is 1. The number of hydrogen-bond donors (Lipinski definition) is 0. The van der Waals surface area contributed by atoms with Crippen LogP contribution in [0.3, 0.4) is 0 Å². The molecule has 0 N–H and O–H groups in total. The topological polar surface area (TPSA) is 49.3 Å². The Morgan fingerprint density at radius 1 is 1.29 bits per heavy atom. The van der Waals surface area contributed by atoms with E-state index in [4.69, 9.17) is 0 Å². The SMILES string of the molecule is CCc1ccnc(Cc2cccc(N3CCC(N(C)C)C3=O)c2)n1. The second-order valence-corrected chi connectivity index (χ2v) is 6.42. The van der Waals surface area contributed by atoms with Crippen molar-refractivity contribution < 1.29 is 4.79 Å². The van der Waals surface area contributed by atoms with Crippen LogP contribution in [-0.4, -0.2) is 47.5 Å². The van der Waals surface area contributed by atoms with E-state index in [1.807, 2.05) is 48.3 Å². The summed E-state index contributed by atoms with van der Waals surface area (Å²) in [6, 6.07) is 10.1. The summed E-state index contributed by atoms with van der Waals surface area (Å²) in [5, 5.41) is 0. The van der Waals surface area contributed by atoms with Crippen LogP contribution in [0.5, 0.6) is 0 Å². The zero-order valence-electron chi connectivity index (χ0n) is 14.6. The average molecular weight is 324 g/mol. The molecule has 1 aliphatic heterocycles. The molecule has 0 bridgehead atoms. The van der Waals surface area contributed by atoms with E-state index in [0.717, 1.165) is 42.2 Å². The zero-order valence-corrected chi connectivity index (χ0v) is 14.6. The van der Waals surface area contributed by atoms with Crippen LogP contribution in [0.25, 0.3) is 0 Å². The quantitative estimate of drug-likeness (QED) is 0.847. The maximum atomic E-state index is 12.6. The van der Waals surface area contributed by atoms with Crippen LogP contribution in [-0.2, 0) is 17.6 Å². The van der Waals surface area contributed by atoms with Gasteiger partial charge < -0.3 is 4.90 Å². The molecule has 0 aliphatic carbocycles. The molecule has 2 heterocycles. The first kappa shape index (κ1) is 16.6. The number of rotatable bonds is 5. The van der Waals surface area contributed by atoms with Gasteiger partial charge in [-0.2, -0.15) is 0 Å². The molecule has 1 saturated heterocycles. The van der Waals surface area contributed by atoms with Crippen molar-refractivity contribution in [1.82, 2.24) is 14.9 Å². The number of carbonyl (C=O) groups is 1. The van der Waals surface area contributed by atoms with Gasteiger partial charge in [-0.1, -0.05) is 19.1 Å². The Balaban J connectivity index is 1.78. The minimum absolute atomic E-state index is 0.0155. The van der Waals surface area contributed by atoms with Gasteiger partial charge in [-0.25, -0.2) is 9.97 Å². The molecule has 3 rings (SSSR count). The summed E-state index contributed by atoms with van der Waals surface area (Å²) >= 11 is 0. The molecule has 126 valence electrons. The van der Waals surface area contributed by atoms with Crippen molar-refractivity contribution in [1.29, 1.82) is 0 Å². The Hall–Kier alpha value is -2.27. The van der Waals surface area contributed by atoms with Gasteiger partial charge >= 0.3 is 0 Å². The molecule has 24 heavy (non-hydrogen) atoms. The molecule has 0 radical (unpaired) electrons. The molecule has 1 unspecified atom stereocenters. The van der Waals surface area contributed by atoms with Gasteiger partial charge in [0.15, 0.2) is 0 Å². The number of likely N-dealkylation sites (N-methyl/N-ethyl adjacent to an activating group) is 1. The number of hydrogen-bond acceptors (Lipinski definition) is 4. The fraction of sp³-hybridized carbons (Fsp3) is 0.421. The Labute approximate surface area is 143 Å². The number of amides is 1. The van der Waals surface area contributed by atoms with Crippen LogP contribution in [0.2, 0.25) is 0 Å². The highest BCUT2D eigenvalue weighted by molar-refractivity contribution is 5.99. The van der Waals surface area contributed by atoms with Crippen molar-refractivity contribution in [3.05, 3.63) is 53.6 Å². The summed E-state index contributed by atoms with van der Waals surface area (Å²) in [4.78, 5) is 25.4. The highest BCUT2D eigenvalue weighted by Gasteiger charge is 2.33. The largest absolute Gasteiger partial charge is 0.311 e. The molecule has 1 atom stereocenters. The molecule has 1 aliphatic rings. The van der Waals surface area contributed by atoms with Gasteiger partial charge in [0.25, 0.3) is 0 Å². The van der Waals surface area contributed by atoms with E-state index in [0.29, 0.717) is 6.42 Å². The summed E-state index contributed by atoms with van der Waals surface area (Å²) in [6.07, 6.45) is 4.28. The molecule has 1 amide bonds. The van der Waals surface area contributed by atoms with Gasteiger partial charge in [-0.05, 0) is 50.7 Å². The highest BCUT2D eigenvalue weighted by Crippen LogP contribution is 2.24. The van der Waals surface area contributed by atoms with Gasteiger partial charge in [-0.15, -0.1) is 0 Å². The number of benzene rings is 1. The number of nitrogens with zero attached hydrogens (tertiary/aromatic N) is 4. The van der Waals surface area contributed by atoms with Gasteiger partial charge in [0.1, 0.15) is 5.82 Å². The summed E-state index contributed by atoms with van der Waals surface area (Å²) in [5.74, 6) is 1.01. The maximum absolute atomic E-state index is 12.6. The first-order valence-electron chi connectivity index (χ1n) is 8.46. The first-order valence-corrected chi connectivity index (χ1v) is 8.46. The minimum Gasteiger partial charge on any atom is -0.311 e. The van der Waals surface area contributed by atoms with Crippen LogP contribution >= 0.6 is 0 Å². The fourth-order valence-electron chi connectivity index (χ4n) is 3.14. The Bertz CT molecular complexity index is 729. The van der Waals surface area contributed by atoms with Crippen molar-refractivity contribution in [3.8, 4) is 0 Å². The molecule has 5 heteroatoms. The molecule has 1 aromatic carbocycles. The molecule has 1 fully saturated rings. The van der Waals surface area contributed by atoms with E-state index in [1.54, 1.807) is 0 Å². The van der Waals surface area contributed by atoms with Crippen molar-refractivity contribution in [2.24, 2.45) is 0 Å². The molecule has 0 spiro atoms. The third-order valence-electron chi connectivity index (χ3n) is 4.51. The van der Waals surface area contributed by atoms with Gasteiger partial charge in [0.2, 0.25) is 5.91 Å². The predicted octanol–water partition coefficient (Wildman–Crippen LogP) is 2.30. The zero-order chi connectivity index (χ0) is 17.1. The van der Waals surface area contributed by atoms with E-state index in [1.165, 1.54) is 0 Å². The van der Waals surface area contributed by atoms with E-state index in [9.17, 15) is 4.79 Å². The lowest BCUT2D eigenvalue weighted by Gasteiger charge is -2.20. The van der Waals surface area contributed by atoms with E-state index >= 15 is 0 Å². The lowest BCUT2D eigenvalue weighted by molar-refractivity contribution is -0.120. The van der Waals surface area contributed by atoms with Gasteiger partial charge in [0, 0.05) is 30.5 Å². The monoisotopic (exact) mass is 324 g/mol. The Morgan fingerprint density at radius 3 is 2.83 bits per heavy atom. The number of anilines is 1. The Morgan fingerprint density at radius 2 is 2.12 bits per heavy atom. The van der Waals surface area contributed by atoms with Crippen LogP contribution in [0.15, 0.2) is 36.5 Å². The first-order chi connectivity index (χ1) is 11.6. The lowest BCUT2D eigenvalue weighted by Crippen LogP contribution is -2.37. The average Bonchev–Trinajstić information content (AvgIpc) is 2.97. The molecular weight excluding hydrogens is 300 g/mol. The second kappa shape index (κ2) is 7.09. The predicted molar refractivity (Wildman–Crippen MR) is 95.1 cm³/mol. The van der Waals surface area contributed by atoms with Crippen LogP contribution in [0.1, 0.15) is 30.4 Å². The van der Waals surface area contributed by atoms with E-state index in [-0.39, 0.29) is 11.9 Å². The molecule has 1 aromatic heterocycles. The molecule has 2 aromatic rings. The summed E-state index contributed by atoms with van der Waals surface area (Å²) < 4.78 is 0. The van der Waals surface area contributed by atoms with Crippen LogP contribution in [0.4, 0.5) is 5.69 Å². The summed E-state index contributed by atoms with van der Waals surface area (Å²) in [7, 11) is 3.92. The van der Waals surface area contributed by atoms with E-state index in [2.05, 4.69) is 29.0 Å². The van der Waals surface area contributed by atoms with Gasteiger partial charge in [0.05, 0.1) is 6.04 Å². The maximum Gasteiger partial charge on any atom is 0.244 e. The molecule has 5 nitrogen and oxygen atoms in total. The summed E-state index contributed by atoms with van der Waals surface area (Å²) in [6.45, 7) is 2.86. The third-order valence-corrected chi connectivity index (χ3v) is 4.51. The van der Waals surface area contributed by atoms with Crippen LogP contribution < -0.4 is 4.90 Å². The fourth-order valence-corrected chi connectivity index (χ4v) is 3.14. The molecule has 0 saturated carbocycles. The normalized spacial score (nSPS) is 17.8. The Kier molecular flexibility index (Phi) is 4.90.